The quantitative estimate of drug-likeness (QED) is 0.883. The van der Waals surface area contributed by atoms with Crippen LogP contribution in [0.25, 0.3) is 0 Å². The third kappa shape index (κ3) is 3.78. The minimum Gasteiger partial charge on any atom is -0.482 e. The van der Waals surface area contributed by atoms with E-state index < -0.39 is 5.82 Å². The molecule has 2 aromatic rings. The first kappa shape index (κ1) is 14.0. The first-order valence-electron chi connectivity index (χ1n) is 5.83. The van der Waals surface area contributed by atoms with Crippen molar-refractivity contribution in [2.24, 2.45) is 0 Å². The van der Waals surface area contributed by atoms with E-state index in [9.17, 15) is 4.39 Å². The molecule has 7 heteroatoms. The second kappa shape index (κ2) is 6.68. The van der Waals surface area contributed by atoms with Gasteiger partial charge < -0.3 is 10.1 Å². The monoisotopic (exact) mass is 301 g/mol. The Morgan fingerprint density at radius 1 is 1.42 bits per heavy atom. The molecule has 0 atom stereocenters. The molecule has 102 valence electrons. The summed E-state index contributed by atoms with van der Waals surface area (Å²) in [7, 11) is 0. The Bertz CT molecular complexity index is 529. The highest BCUT2D eigenvalue weighted by Crippen LogP contribution is 2.28. The van der Waals surface area contributed by atoms with Crippen LogP contribution in [0.5, 0.6) is 5.75 Å². The van der Waals surface area contributed by atoms with Crippen molar-refractivity contribution >= 4 is 28.1 Å². The first-order valence-corrected chi connectivity index (χ1v) is 7.03. The van der Waals surface area contributed by atoms with Gasteiger partial charge in [0, 0.05) is 6.54 Å². The molecule has 0 amide bonds. The average molecular weight is 302 g/mol. The second-order valence-electron chi connectivity index (χ2n) is 3.77. The molecule has 19 heavy (non-hydrogen) atoms. The molecule has 1 aromatic carbocycles. The minimum absolute atomic E-state index is 0.0439. The minimum atomic E-state index is -0.485. The first-order chi connectivity index (χ1) is 9.20. The number of halogens is 2. The smallest absolute Gasteiger partial charge is 0.205 e. The number of anilines is 1. The summed E-state index contributed by atoms with van der Waals surface area (Å²) in [6.45, 7) is 3.05. The number of hydrogen-bond acceptors (Lipinski definition) is 5. The number of aromatic nitrogens is 2. The normalized spacial score (nSPS) is 10.5. The van der Waals surface area contributed by atoms with E-state index >= 15 is 0 Å². The van der Waals surface area contributed by atoms with Crippen LogP contribution in [0.1, 0.15) is 18.4 Å². The lowest BCUT2D eigenvalue weighted by atomic mass is 10.3. The summed E-state index contributed by atoms with van der Waals surface area (Å²) in [6.07, 6.45) is 1.01. The molecule has 0 saturated carbocycles. The van der Waals surface area contributed by atoms with Gasteiger partial charge in [-0.3, -0.25) is 0 Å². The van der Waals surface area contributed by atoms with Crippen LogP contribution in [0.15, 0.2) is 18.2 Å². The van der Waals surface area contributed by atoms with E-state index in [1.54, 1.807) is 6.07 Å². The average Bonchev–Trinajstić information content (AvgIpc) is 2.84. The standard InChI is InChI=1S/C12H13ClFN3OS/c1-2-6-15-12-17-16-10(19-12)7-18-11-8(13)4-3-5-9(11)14/h3-5H,2,6-7H2,1H3,(H,15,17). The second-order valence-corrected chi connectivity index (χ2v) is 5.24. The SMILES string of the molecule is CCCNc1nnc(COc2c(F)cccc2Cl)s1. The maximum atomic E-state index is 13.5. The van der Waals surface area contributed by atoms with E-state index in [1.165, 1.54) is 23.5 Å². The largest absolute Gasteiger partial charge is 0.482 e. The van der Waals surface area contributed by atoms with E-state index in [0.717, 1.165) is 18.1 Å². The molecule has 1 heterocycles. The van der Waals surface area contributed by atoms with Gasteiger partial charge in [0.15, 0.2) is 16.6 Å². The van der Waals surface area contributed by atoms with Crippen molar-refractivity contribution in [3.05, 3.63) is 34.0 Å². The van der Waals surface area contributed by atoms with Gasteiger partial charge >= 0.3 is 0 Å². The Kier molecular flexibility index (Phi) is 4.93. The van der Waals surface area contributed by atoms with Crippen LogP contribution < -0.4 is 10.1 Å². The molecular weight excluding hydrogens is 289 g/mol. The topological polar surface area (TPSA) is 47.0 Å². The van der Waals surface area contributed by atoms with Crippen molar-refractivity contribution in [3.63, 3.8) is 0 Å². The number of hydrogen-bond donors (Lipinski definition) is 1. The molecule has 1 aromatic heterocycles. The maximum Gasteiger partial charge on any atom is 0.205 e. The van der Waals surface area contributed by atoms with Crippen molar-refractivity contribution in [2.75, 3.05) is 11.9 Å². The van der Waals surface area contributed by atoms with Gasteiger partial charge in [-0.2, -0.15) is 0 Å². The fourth-order valence-electron chi connectivity index (χ4n) is 1.37. The summed E-state index contributed by atoms with van der Waals surface area (Å²) < 4.78 is 18.8. The molecule has 0 spiro atoms. The number of rotatable bonds is 6. The Hall–Kier alpha value is -1.40. The number of benzene rings is 1. The zero-order chi connectivity index (χ0) is 13.7. The van der Waals surface area contributed by atoms with Crippen LogP contribution >= 0.6 is 22.9 Å². The number of para-hydroxylation sites is 1. The van der Waals surface area contributed by atoms with Crippen LogP contribution in [0, 0.1) is 5.82 Å². The van der Waals surface area contributed by atoms with Crippen molar-refractivity contribution in [3.8, 4) is 5.75 Å². The van der Waals surface area contributed by atoms with Gasteiger partial charge in [-0.25, -0.2) is 4.39 Å². The molecule has 0 aliphatic heterocycles. The third-order valence-corrected chi connectivity index (χ3v) is 3.40. The lowest BCUT2D eigenvalue weighted by molar-refractivity contribution is 0.289. The molecule has 0 aliphatic carbocycles. The molecule has 0 unspecified atom stereocenters. The molecule has 4 nitrogen and oxygen atoms in total. The van der Waals surface area contributed by atoms with Gasteiger partial charge in [0.1, 0.15) is 6.61 Å². The van der Waals surface area contributed by atoms with Crippen LogP contribution in [0.4, 0.5) is 9.52 Å². The van der Waals surface area contributed by atoms with E-state index in [1.807, 2.05) is 0 Å². The van der Waals surface area contributed by atoms with Crippen LogP contribution in [-0.2, 0) is 6.61 Å². The lowest BCUT2D eigenvalue weighted by Gasteiger charge is -2.06. The highest BCUT2D eigenvalue weighted by Gasteiger charge is 2.10. The number of ether oxygens (including phenoxy) is 1. The lowest BCUT2D eigenvalue weighted by Crippen LogP contribution is -1.98. The summed E-state index contributed by atoms with van der Waals surface area (Å²) in [5.74, 6) is -0.441. The van der Waals surface area contributed by atoms with Gasteiger partial charge in [-0.05, 0) is 18.6 Å². The molecule has 0 saturated heterocycles. The molecule has 0 radical (unpaired) electrons. The Labute approximate surface area is 119 Å². The van der Waals surface area contributed by atoms with E-state index in [0.29, 0.717) is 5.01 Å². The molecule has 0 fully saturated rings. The number of nitrogens with one attached hydrogen (secondary N) is 1. The number of nitrogens with zero attached hydrogens (tertiary/aromatic N) is 2. The summed E-state index contributed by atoms with van der Waals surface area (Å²) in [5.41, 5.74) is 0. The van der Waals surface area contributed by atoms with E-state index in [-0.39, 0.29) is 17.4 Å². The zero-order valence-electron chi connectivity index (χ0n) is 10.3. The Morgan fingerprint density at radius 2 is 2.26 bits per heavy atom. The molecule has 1 N–H and O–H groups in total. The van der Waals surface area contributed by atoms with Crippen molar-refractivity contribution in [1.29, 1.82) is 0 Å². The predicted octanol–water partition coefficient (Wildman–Crippen LogP) is 3.73. The van der Waals surface area contributed by atoms with Crippen molar-refractivity contribution in [1.82, 2.24) is 10.2 Å². The van der Waals surface area contributed by atoms with Gasteiger partial charge in [0.25, 0.3) is 0 Å². The highest BCUT2D eigenvalue weighted by molar-refractivity contribution is 7.15. The van der Waals surface area contributed by atoms with Gasteiger partial charge in [0.05, 0.1) is 5.02 Å². The van der Waals surface area contributed by atoms with Gasteiger partial charge in [0.2, 0.25) is 5.13 Å². The van der Waals surface area contributed by atoms with Crippen molar-refractivity contribution in [2.45, 2.75) is 20.0 Å². The zero-order valence-corrected chi connectivity index (χ0v) is 11.9. The van der Waals surface area contributed by atoms with Crippen LogP contribution in [0.3, 0.4) is 0 Å². The van der Waals surface area contributed by atoms with Crippen LogP contribution in [0.2, 0.25) is 5.02 Å². The fraction of sp³-hybridized carbons (Fsp3) is 0.333. The molecule has 0 aliphatic rings. The van der Waals surface area contributed by atoms with E-state index in [2.05, 4.69) is 22.4 Å². The highest BCUT2D eigenvalue weighted by atomic mass is 35.5. The summed E-state index contributed by atoms with van der Waals surface area (Å²) >= 11 is 7.24. The van der Waals surface area contributed by atoms with E-state index in [4.69, 9.17) is 16.3 Å². The predicted molar refractivity (Wildman–Crippen MR) is 74.4 cm³/mol. The van der Waals surface area contributed by atoms with Gasteiger partial charge in [-0.1, -0.05) is 35.9 Å². The summed E-state index contributed by atoms with van der Waals surface area (Å²) in [5, 5.41) is 12.7. The van der Waals surface area contributed by atoms with Crippen molar-refractivity contribution < 1.29 is 9.13 Å². The summed E-state index contributed by atoms with van der Waals surface area (Å²) in [4.78, 5) is 0. The Balaban J connectivity index is 1.97. The van der Waals surface area contributed by atoms with Gasteiger partial charge in [-0.15, -0.1) is 10.2 Å². The molecule has 2 rings (SSSR count). The molecular formula is C12H13ClFN3OS. The summed E-state index contributed by atoms with van der Waals surface area (Å²) in [6, 6.07) is 4.41. The fourth-order valence-corrected chi connectivity index (χ4v) is 2.27. The molecule has 0 bridgehead atoms. The maximum absolute atomic E-state index is 13.5. The Morgan fingerprint density at radius 3 is 3.00 bits per heavy atom. The van der Waals surface area contributed by atoms with Crippen LogP contribution in [-0.4, -0.2) is 16.7 Å². The third-order valence-electron chi connectivity index (χ3n) is 2.25.